The van der Waals surface area contributed by atoms with Gasteiger partial charge >= 0.3 is 6.18 Å². The second-order valence-corrected chi connectivity index (χ2v) is 5.59. The zero-order valence-corrected chi connectivity index (χ0v) is 12.4. The molecule has 0 fully saturated rings. The van der Waals surface area contributed by atoms with Crippen molar-refractivity contribution in [3.05, 3.63) is 47.0 Å². The molecule has 122 valence electrons. The van der Waals surface area contributed by atoms with Crippen LogP contribution < -0.4 is 5.32 Å². The number of carbonyl (C=O) groups excluding carboxylic acids is 1. The Hall–Kier alpha value is -2.38. The molecule has 0 radical (unpaired) electrons. The Labute approximate surface area is 130 Å². The van der Waals surface area contributed by atoms with Crippen LogP contribution >= 0.6 is 0 Å². The van der Waals surface area contributed by atoms with Gasteiger partial charge in [0, 0.05) is 19.5 Å². The average molecular weight is 324 g/mol. The van der Waals surface area contributed by atoms with Crippen LogP contribution in [0, 0.1) is 12.8 Å². The van der Waals surface area contributed by atoms with E-state index in [-0.39, 0.29) is 18.4 Å². The van der Waals surface area contributed by atoms with Crippen LogP contribution in [-0.4, -0.2) is 20.7 Å². The average Bonchev–Trinajstić information content (AvgIpc) is 3.07. The van der Waals surface area contributed by atoms with E-state index < -0.39 is 11.7 Å². The molecular formula is C15H15F3N4O. The summed E-state index contributed by atoms with van der Waals surface area (Å²) in [5.74, 6) is 1.22. The fourth-order valence-electron chi connectivity index (χ4n) is 2.64. The Morgan fingerprint density at radius 3 is 2.61 bits per heavy atom. The lowest BCUT2D eigenvalue weighted by atomic mass is 10.1. The normalized spacial score (nSPS) is 17.1. The first kappa shape index (κ1) is 15.5. The molecule has 1 N–H and O–H groups in total. The van der Waals surface area contributed by atoms with E-state index in [0.29, 0.717) is 18.5 Å². The van der Waals surface area contributed by atoms with Crippen LogP contribution in [0.25, 0.3) is 0 Å². The van der Waals surface area contributed by atoms with Crippen molar-refractivity contribution in [2.45, 2.75) is 32.6 Å². The second kappa shape index (κ2) is 5.68. The quantitative estimate of drug-likeness (QED) is 0.940. The van der Waals surface area contributed by atoms with E-state index in [1.165, 1.54) is 12.1 Å². The number of rotatable bonds is 3. The molecule has 5 nitrogen and oxygen atoms in total. The number of benzene rings is 1. The van der Waals surface area contributed by atoms with Gasteiger partial charge in [-0.1, -0.05) is 12.1 Å². The Balaban J connectivity index is 1.56. The molecule has 1 amide bonds. The van der Waals surface area contributed by atoms with Crippen LogP contribution in [0.1, 0.15) is 22.8 Å². The lowest BCUT2D eigenvalue weighted by molar-refractivity contribution is -0.137. The van der Waals surface area contributed by atoms with Crippen molar-refractivity contribution < 1.29 is 18.0 Å². The monoisotopic (exact) mass is 324 g/mol. The molecule has 2 heterocycles. The molecule has 23 heavy (non-hydrogen) atoms. The molecule has 0 spiro atoms. The maximum absolute atomic E-state index is 12.5. The standard InChI is InChI=1S/C15H15F3N4O/c1-9-20-21-13-6-11(8-22(9)13)14(23)19-7-10-2-4-12(5-3-10)15(16,17)18/h2-5,11H,6-8H2,1H3,(H,19,23). The predicted molar refractivity (Wildman–Crippen MR) is 75.2 cm³/mol. The predicted octanol–water partition coefficient (Wildman–Crippen LogP) is 2.09. The van der Waals surface area contributed by atoms with Crippen molar-refractivity contribution in [1.82, 2.24) is 20.1 Å². The van der Waals surface area contributed by atoms with Crippen LogP contribution in [0.5, 0.6) is 0 Å². The molecule has 1 atom stereocenters. The van der Waals surface area contributed by atoms with Crippen molar-refractivity contribution in [3.8, 4) is 0 Å². The summed E-state index contributed by atoms with van der Waals surface area (Å²) in [6.45, 7) is 2.57. The first-order valence-electron chi connectivity index (χ1n) is 7.17. The van der Waals surface area contributed by atoms with Gasteiger partial charge in [-0.25, -0.2) is 0 Å². The highest BCUT2D eigenvalue weighted by molar-refractivity contribution is 5.79. The number of carbonyl (C=O) groups is 1. The van der Waals surface area contributed by atoms with Crippen molar-refractivity contribution in [2.24, 2.45) is 5.92 Å². The zero-order valence-electron chi connectivity index (χ0n) is 12.4. The topological polar surface area (TPSA) is 59.8 Å². The minimum Gasteiger partial charge on any atom is -0.352 e. The number of amides is 1. The van der Waals surface area contributed by atoms with Crippen molar-refractivity contribution in [3.63, 3.8) is 0 Å². The third-order valence-corrected chi connectivity index (χ3v) is 3.96. The number of hydrogen-bond acceptors (Lipinski definition) is 3. The number of nitrogens with one attached hydrogen (secondary N) is 1. The van der Waals surface area contributed by atoms with Crippen LogP contribution in [0.3, 0.4) is 0 Å². The molecule has 0 saturated heterocycles. The molecule has 1 aliphatic rings. The number of halogens is 3. The van der Waals surface area contributed by atoms with Crippen molar-refractivity contribution in [2.75, 3.05) is 0 Å². The van der Waals surface area contributed by atoms with Gasteiger partial charge in [-0.2, -0.15) is 13.2 Å². The summed E-state index contributed by atoms with van der Waals surface area (Å²) in [6, 6.07) is 4.77. The van der Waals surface area contributed by atoms with Gasteiger partial charge in [0.25, 0.3) is 0 Å². The smallest absolute Gasteiger partial charge is 0.352 e. The van der Waals surface area contributed by atoms with Crippen LogP contribution in [0.2, 0.25) is 0 Å². The third-order valence-electron chi connectivity index (χ3n) is 3.96. The fourth-order valence-corrected chi connectivity index (χ4v) is 2.64. The third kappa shape index (κ3) is 3.20. The van der Waals surface area contributed by atoms with Gasteiger partial charge in [0.05, 0.1) is 11.5 Å². The van der Waals surface area contributed by atoms with E-state index in [4.69, 9.17) is 0 Å². The van der Waals surface area contributed by atoms with Gasteiger partial charge in [0.2, 0.25) is 5.91 Å². The van der Waals surface area contributed by atoms with Gasteiger partial charge in [-0.05, 0) is 24.6 Å². The van der Waals surface area contributed by atoms with Gasteiger partial charge in [0.1, 0.15) is 11.6 Å². The Kier molecular flexibility index (Phi) is 3.83. The lowest BCUT2D eigenvalue weighted by Crippen LogP contribution is -2.31. The van der Waals surface area contributed by atoms with Crippen LogP contribution in [0.4, 0.5) is 13.2 Å². The summed E-state index contributed by atoms with van der Waals surface area (Å²) in [6.07, 6.45) is -3.82. The second-order valence-electron chi connectivity index (χ2n) is 5.59. The molecule has 1 aliphatic heterocycles. The highest BCUT2D eigenvalue weighted by atomic mass is 19.4. The van der Waals surface area contributed by atoms with Crippen LogP contribution in [-0.2, 0) is 30.5 Å². The van der Waals surface area contributed by atoms with Crippen LogP contribution in [0.15, 0.2) is 24.3 Å². The number of alkyl halides is 3. The number of aromatic nitrogens is 3. The van der Waals surface area contributed by atoms with Crippen molar-refractivity contribution >= 4 is 5.91 Å². The summed E-state index contributed by atoms with van der Waals surface area (Å²) in [5.41, 5.74) is -0.0725. The first-order chi connectivity index (χ1) is 10.8. The molecule has 8 heteroatoms. The summed E-state index contributed by atoms with van der Waals surface area (Å²) in [7, 11) is 0. The first-order valence-corrected chi connectivity index (χ1v) is 7.17. The maximum atomic E-state index is 12.5. The number of hydrogen-bond donors (Lipinski definition) is 1. The summed E-state index contributed by atoms with van der Waals surface area (Å²) < 4.78 is 39.4. The Morgan fingerprint density at radius 1 is 1.30 bits per heavy atom. The van der Waals surface area contributed by atoms with Crippen molar-refractivity contribution in [1.29, 1.82) is 0 Å². The van der Waals surface area contributed by atoms with E-state index in [2.05, 4.69) is 15.5 Å². The molecule has 1 unspecified atom stereocenters. The largest absolute Gasteiger partial charge is 0.416 e. The van der Waals surface area contributed by atoms with E-state index >= 15 is 0 Å². The zero-order chi connectivity index (χ0) is 16.6. The molecule has 0 bridgehead atoms. The Morgan fingerprint density at radius 2 is 2.00 bits per heavy atom. The highest BCUT2D eigenvalue weighted by Crippen LogP contribution is 2.29. The van der Waals surface area contributed by atoms with Gasteiger partial charge in [0.15, 0.2) is 0 Å². The minimum atomic E-state index is -4.35. The number of aryl methyl sites for hydroxylation is 1. The highest BCUT2D eigenvalue weighted by Gasteiger charge is 2.31. The SMILES string of the molecule is Cc1nnc2n1CC(C(=O)NCc1ccc(C(F)(F)F)cc1)C2. The van der Waals surface area contributed by atoms with E-state index in [1.807, 2.05) is 11.5 Å². The molecule has 1 aromatic carbocycles. The van der Waals surface area contributed by atoms with E-state index in [0.717, 1.165) is 23.8 Å². The van der Waals surface area contributed by atoms with Gasteiger partial charge in [-0.15, -0.1) is 10.2 Å². The fraction of sp³-hybridized carbons (Fsp3) is 0.400. The maximum Gasteiger partial charge on any atom is 0.416 e. The minimum absolute atomic E-state index is 0.130. The molecular weight excluding hydrogens is 309 g/mol. The molecule has 3 rings (SSSR count). The lowest BCUT2D eigenvalue weighted by Gasteiger charge is -2.11. The summed E-state index contributed by atoms with van der Waals surface area (Å²) in [5, 5.41) is 10.7. The van der Waals surface area contributed by atoms with Gasteiger partial charge in [-0.3, -0.25) is 4.79 Å². The van der Waals surface area contributed by atoms with Gasteiger partial charge < -0.3 is 9.88 Å². The number of nitrogens with zero attached hydrogens (tertiary/aromatic N) is 3. The summed E-state index contributed by atoms with van der Waals surface area (Å²) in [4.78, 5) is 12.2. The molecule has 2 aromatic rings. The molecule has 0 saturated carbocycles. The molecule has 0 aliphatic carbocycles. The van der Waals surface area contributed by atoms with E-state index in [9.17, 15) is 18.0 Å². The number of fused-ring (bicyclic) bond motifs is 1. The molecule has 1 aromatic heterocycles. The summed E-state index contributed by atoms with van der Waals surface area (Å²) >= 11 is 0. The van der Waals surface area contributed by atoms with E-state index in [1.54, 1.807) is 0 Å². The Bertz CT molecular complexity index is 721.